The first kappa shape index (κ1) is 7.35. The van der Waals surface area contributed by atoms with Gasteiger partial charge in [0.2, 0.25) is 0 Å². The lowest BCUT2D eigenvalue weighted by molar-refractivity contribution is -0.141. The molecule has 0 aliphatic heterocycles. The monoisotopic (exact) mass is 165 g/mol. The van der Waals surface area contributed by atoms with Gasteiger partial charge >= 0.3 is 5.97 Å². The van der Waals surface area contributed by atoms with Gasteiger partial charge in [-0.3, -0.25) is 4.79 Å². The Bertz CT molecular complexity index is 293. The topological polar surface area (TPSA) is 26.3 Å². The Morgan fingerprint density at radius 2 is 2.08 bits per heavy atom. The van der Waals surface area contributed by atoms with Crippen LogP contribution in [0.2, 0.25) is 0 Å². The van der Waals surface area contributed by atoms with Crippen molar-refractivity contribution in [2.75, 3.05) is 7.11 Å². The summed E-state index contributed by atoms with van der Waals surface area (Å²) in [4.78, 5) is 11.2. The van der Waals surface area contributed by atoms with Crippen molar-refractivity contribution in [3.05, 3.63) is 35.9 Å². The minimum absolute atomic E-state index is 0.543. The number of methoxy groups -OCH3 is 1. The molecule has 0 unspecified atom stereocenters. The van der Waals surface area contributed by atoms with Crippen LogP contribution in [0, 0.1) is 0 Å². The molecular weight excluding hydrogens is 152 g/mol. The third kappa shape index (κ3) is 1.84. The molecule has 0 saturated carbocycles. The summed E-state index contributed by atoms with van der Waals surface area (Å²) in [5, 5.41) is 0. The van der Waals surface area contributed by atoms with Crippen LogP contribution in [-0.4, -0.2) is 13.1 Å². The molecule has 2 nitrogen and oxygen atoms in total. The second-order valence-corrected chi connectivity index (χ2v) is 2.48. The minimum Gasteiger partial charge on any atom is -0.469 e. The Balaban J connectivity index is 3.00. The van der Waals surface area contributed by atoms with Crippen LogP contribution in [0.5, 0.6) is 0 Å². The van der Waals surface area contributed by atoms with Gasteiger partial charge in [0.1, 0.15) is 0 Å². The molecule has 0 radical (unpaired) electrons. The number of hydrogen-bond donors (Lipinski definition) is 0. The van der Waals surface area contributed by atoms with Crippen molar-refractivity contribution in [2.24, 2.45) is 0 Å². The lowest BCUT2D eigenvalue weighted by Crippen LogP contribution is -2.10. The van der Waals surface area contributed by atoms with Crippen LogP contribution >= 0.6 is 0 Å². The van der Waals surface area contributed by atoms with Gasteiger partial charge in [-0.2, -0.15) is 0 Å². The number of carbonyl (C=O) groups is 1. The third-order valence-electron chi connectivity index (χ3n) is 1.70. The number of hydrogen-bond acceptors (Lipinski definition) is 2. The van der Waals surface area contributed by atoms with E-state index in [9.17, 15) is 4.79 Å². The molecule has 0 aromatic heterocycles. The van der Waals surface area contributed by atoms with E-state index in [1.165, 1.54) is 14.0 Å². The zero-order valence-electron chi connectivity index (χ0n) is 8.20. The predicted octanol–water partition coefficient (Wildman–Crippen LogP) is 1.96. The average molecular weight is 165 g/mol. The molecule has 0 saturated heterocycles. The number of benzene rings is 1. The summed E-state index contributed by atoms with van der Waals surface area (Å²) in [7, 11) is 1.29. The molecule has 1 aromatic rings. The number of carbonyl (C=O) groups excluding carboxylic acids is 1. The second kappa shape index (κ2) is 3.90. The molecule has 0 fully saturated rings. The van der Waals surface area contributed by atoms with Crippen LogP contribution in [0.4, 0.5) is 0 Å². The highest BCUT2D eigenvalue weighted by Crippen LogP contribution is 2.15. The molecule has 0 aliphatic carbocycles. The third-order valence-corrected chi connectivity index (χ3v) is 1.70. The van der Waals surface area contributed by atoms with Crippen molar-refractivity contribution in [1.82, 2.24) is 0 Å². The second-order valence-electron chi connectivity index (χ2n) is 2.48. The number of ether oxygens (including phenoxy) is 1. The van der Waals surface area contributed by atoms with E-state index in [2.05, 4.69) is 4.74 Å². The van der Waals surface area contributed by atoms with E-state index >= 15 is 0 Å². The first-order chi connectivity index (χ1) is 6.09. The van der Waals surface area contributed by atoms with E-state index in [0.717, 1.165) is 0 Å². The van der Waals surface area contributed by atoms with Gasteiger partial charge in [0.05, 0.1) is 13.0 Å². The van der Waals surface area contributed by atoms with Gasteiger partial charge in [-0.25, -0.2) is 0 Å². The van der Waals surface area contributed by atoms with E-state index in [1.807, 2.05) is 6.07 Å². The summed E-state index contributed by atoms with van der Waals surface area (Å²) >= 11 is 0. The summed E-state index contributed by atoms with van der Waals surface area (Å²) in [5.74, 6) is -1.85. The van der Waals surface area contributed by atoms with Crippen LogP contribution in [0.25, 0.3) is 0 Å². The van der Waals surface area contributed by atoms with Crippen molar-refractivity contribution in [1.29, 1.82) is 0 Å². The maximum absolute atomic E-state index is 11.2. The zero-order valence-corrected chi connectivity index (χ0v) is 7.20. The summed E-state index contributed by atoms with van der Waals surface area (Å²) in [6.45, 7) is 1.52. The molecule has 1 rings (SSSR count). The van der Waals surface area contributed by atoms with Crippen molar-refractivity contribution in [3.8, 4) is 0 Å². The van der Waals surface area contributed by atoms with Gasteiger partial charge in [-0.05, 0) is 12.5 Å². The lowest BCUT2D eigenvalue weighted by atomic mass is 10.0. The Morgan fingerprint density at radius 1 is 1.50 bits per heavy atom. The van der Waals surface area contributed by atoms with Crippen molar-refractivity contribution in [3.63, 3.8) is 0 Å². The number of rotatable bonds is 2. The molecular formula is C10H12O2. The highest BCUT2D eigenvalue weighted by Gasteiger charge is 2.14. The molecule has 0 heterocycles. The van der Waals surface area contributed by atoms with Gasteiger partial charge in [-0.1, -0.05) is 30.3 Å². The smallest absolute Gasteiger partial charge is 0.312 e. The zero-order chi connectivity index (χ0) is 9.90. The molecule has 0 bridgehead atoms. The molecule has 1 atom stereocenters. The molecule has 12 heavy (non-hydrogen) atoms. The van der Waals surface area contributed by atoms with Gasteiger partial charge < -0.3 is 4.74 Å². The molecule has 1 aromatic carbocycles. The van der Waals surface area contributed by atoms with E-state index < -0.39 is 11.9 Å². The Morgan fingerprint density at radius 3 is 2.58 bits per heavy atom. The highest BCUT2D eigenvalue weighted by molar-refractivity contribution is 5.77. The molecule has 0 aliphatic rings. The van der Waals surface area contributed by atoms with Gasteiger partial charge in [0.15, 0.2) is 0 Å². The van der Waals surface area contributed by atoms with Gasteiger partial charge in [0.25, 0.3) is 0 Å². The quantitative estimate of drug-likeness (QED) is 0.626. The van der Waals surface area contributed by atoms with Crippen LogP contribution in [-0.2, 0) is 9.53 Å². The minimum atomic E-state index is -1.31. The normalized spacial score (nSPS) is 16.0. The van der Waals surface area contributed by atoms with E-state index in [-0.39, 0.29) is 0 Å². The highest BCUT2D eigenvalue weighted by atomic mass is 16.5. The Kier molecular flexibility index (Phi) is 2.39. The fraction of sp³-hybridized carbons (Fsp3) is 0.300. The largest absolute Gasteiger partial charge is 0.469 e. The Hall–Kier alpha value is -1.31. The van der Waals surface area contributed by atoms with Crippen LogP contribution in [0.3, 0.4) is 0 Å². The maximum Gasteiger partial charge on any atom is 0.312 e. The van der Waals surface area contributed by atoms with Gasteiger partial charge in [0, 0.05) is 1.37 Å². The van der Waals surface area contributed by atoms with E-state index in [0.29, 0.717) is 5.56 Å². The van der Waals surface area contributed by atoms with Crippen molar-refractivity contribution < 1.29 is 10.9 Å². The maximum atomic E-state index is 11.2. The van der Waals surface area contributed by atoms with Crippen molar-refractivity contribution in [2.45, 2.75) is 12.8 Å². The molecule has 0 spiro atoms. The van der Waals surface area contributed by atoms with E-state index in [4.69, 9.17) is 1.37 Å². The molecule has 0 N–H and O–H groups in total. The van der Waals surface area contributed by atoms with E-state index in [1.54, 1.807) is 24.3 Å². The lowest BCUT2D eigenvalue weighted by Gasteiger charge is -2.08. The first-order valence-electron chi connectivity index (χ1n) is 4.23. The first-order valence-corrected chi connectivity index (χ1v) is 3.73. The molecule has 0 amide bonds. The van der Waals surface area contributed by atoms with Crippen LogP contribution in [0.15, 0.2) is 30.3 Å². The molecule has 2 heteroatoms. The number of esters is 1. The van der Waals surface area contributed by atoms with Crippen LogP contribution < -0.4 is 0 Å². The summed E-state index contributed by atoms with van der Waals surface area (Å²) in [6.07, 6.45) is 0. The fourth-order valence-corrected chi connectivity index (χ4v) is 0.959. The SMILES string of the molecule is [2H][C@](C)(C(=O)OC)c1ccccc1. The summed E-state index contributed by atoms with van der Waals surface area (Å²) in [6, 6.07) is 8.92. The average Bonchev–Trinajstić information content (AvgIpc) is 2.18. The van der Waals surface area contributed by atoms with Crippen molar-refractivity contribution >= 4 is 5.97 Å². The summed E-state index contributed by atoms with van der Waals surface area (Å²) in [5.41, 5.74) is 0.641. The Labute approximate surface area is 73.6 Å². The molecule has 64 valence electrons. The fourth-order valence-electron chi connectivity index (χ4n) is 0.959. The van der Waals surface area contributed by atoms with Gasteiger partial charge in [-0.15, -0.1) is 0 Å². The predicted molar refractivity (Wildman–Crippen MR) is 46.9 cm³/mol. The van der Waals surface area contributed by atoms with Crippen LogP contribution in [0.1, 0.15) is 19.8 Å². The standard InChI is InChI=1S/C10H12O2/c1-8(10(11)12-2)9-6-4-3-5-7-9/h3-8H,1-2H3/t8-/m1/s1/i8D. The summed E-state index contributed by atoms with van der Waals surface area (Å²) < 4.78 is 12.3.